The minimum absolute atomic E-state index is 0.363. The third-order valence-electron chi connectivity index (χ3n) is 1.77. The fraction of sp³-hybridized carbons (Fsp3) is 0.667. The Hall–Kier alpha value is -0.520. The van der Waals surface area contributed by atoms with Gasteiger partial charge in [0, 0.05) is 25.0 Å². The normalized spacial score (nSPS) is 25.3. The first-order valence-corrected chi connectivity index (χ1v) is 4.51. The first kappa shape index (κ1) is 7.15. The molecule has 0 aromatic carbocycles. The molecule has 2 N–H and O–H groups in total. The summed E-state index contributed by atoms with van der Waals surface area (Å²) < 4.78 is 3.82. The van der Waals surface area contributed by atoms with Gasteiger partial charge < -0.3 is 10.6 Å². The summed E-state index contributed by atoms with van der Waals surface area (Å²) in [6.07, 6.45) is 0. The second kappa shape index (κ2) is 3.25. The molecule has 1 aromatic rings. The number of nitrogens with one attached hydrogen (secondary N) is 2. The maximum atomic E-state index is 4.01. The number of hydrogen-bond donors (Lipinski definition) is 2. The number of aromatic nitrogens is 2. The van der Waals surface area contributed by atoms with Crippen LogP contribution in [0.1, 0.15) is 11.7 Å². The summed E-state index contributed by atoms with van der Waals surface area (Å²) in [5, 5.41) is 12.7. The van der Waals surface area contributed by atoms with Crippen LogP contribution in [-0.2, 0) is 0 Å². The Balaban J connectivity index is 2.04. The highest BCUT2D eigenvalue weighted by Crippen LogP contribution is 2.10. The lowest BCUT2D eigenvalue weighted by molar-refractivity contribution is 0.423. The van der Waals surface area contributed by atoms with E-state index in [-0.39, 0.29) is 0 Å². The minimum atomic E-state index is 0.363. The summed E-state index contributed by atoms with van der Waals surface area (Å²) in [7, 11) is 0. The molecular weight excluding hydrogens is 160 g/mol. The van der Waals surface area contributed by atoms with Gasteiger partial charge in [-0.1, -0.05) is 4.49 Å². The van der Waals surface area contributed by atoms with Gasteiger partial charge in [-0.2, -0.15) is 0 Å². The minimum Gasteiger partial charge on any atom is -0.314 e. The molecule has 2 rings (SSSR count). The molecule has 1 aliphatic rings. The number of rotatable bonds is 1. The van der Waals surface area contributed by atoms with Crippen molar-refractivity contribution in [1.29, 1.82) is 0 Å². The fourth-order valence-electron chi connectivity index (χ4n) is 1.19. The van der Waals surface area contributed by atoms with Gasteiger partial charge in [-0.3, -0.25) is 0 Å². The van der Waals surface area contributed by atoms with Gasteiger partial charge in [0.2, 0.25) is 0 Å². The summed E-state index contributed by atoms with van der Waals surface area (Å²) in [5.41, 5.74) is 1.06. The first-order chi connectivity index (χ1) is 5.47. The van der Waals surface area contributed by atoms with Crippen LogP contribution in [0.3, 0.4) is 0 Å². The van der Waals surface area contributed by atoms with Gasteiger partial charge in [0.25, 0.3) is 0 Å². The molecule has 0 saturated carbocycles. The maximum absolute atomic E-state index is 4.01. The molecule has 4 nitrogen and oxygen atoms in total. The Kier molecular flexibility index (Phi) is 2.11. The van der Waals surface area contributed by atoms with Crippen LogP contribution < -0.4 is 10.6 Å². The van der Waals surface area contributed by atoms with Crippen LogP contribution in [-0.4, -0.2) is 29.2 Å². The smallest absolute Gasteiger partial charge is 0.0937 e. The van der Waals surface area contributed by atoms with E-state index in [0.717, 1.165) is 25.3 Å². The third-order valence-corrected chi connectivity index (χ3v) is 2.30. The summed E-state index contributed by atoms with van der Waals surface area (Å²) in [5.74, 6) is 0. The summed E-state index contributed by atoms with van der Waals surface area (Å²) in [4.78, 5) is 0. The van der Waals surface area contributed by atoms with Crippen LogP contribution in [0.4, 0.5) is 0 Å². The molecule has 1 aromatic heterocycles. The lowest BCUT2D eigenvalue weighted by Crippen LogP contribution is -2.42. The molecule has 1 unspecified atom stereocenters. The van der Waals surface area contributed by atoms with Gasteiger partial charge >= 0.3 is 0 Å². The molecular formula is C6H10N4S. The summed E-state index contributed by atoms with van der Waals surface area (Å²) >= 11 is 1.40. The monoisotopic (exact) mass is 170 g/mol. The largest absolute Gasteiger partial charge is 0.314 e. The van der Waals surface area contributed by atoms with Crippen molar-refractivity contribution in [3.63, 3.8) is 0 Å². The molecule has 0 bridgehead atoms. The van der Waals surface area contributed by atoms with E-state index in [1.165, 1.54) is 11.5 Å². The first-order valence-electron chi connectivity index (χ1n) is 3.68. The predicted molar refractivity (Wildman–Crippen MR) is 43.5 cm³/mol. The Bertz CT molecular complexity index is 204. The Morgan fingerprint density at radius 1 is 1.55 bits per heavy atom. The molecule has 5 heteroatoms. The molecule has 0 radical (unpaired) electrons. The fourth-order valence-corrected chi connectivity index (χ4v) is 1.69. The zero-order chi connectivity index (χ0) is 7.52. The van der Waals surface area contributed by atoms with Gasteiger partial charge in [0.1, 0.15) is 0 Å². The average molecular weight is 170 g/mol. The molecule has 1 fully saturated rings. The van der Waals surface area contributed by atoms with Crippen molar-refractivity contribution in [2.24, 2.45) is 0 Å². The average Bonchev–Trinajstić information content (AvgIpc) is 2.58. The topological polar surface area (TPSA) is 49.8 Å². The third kappa shape index (κ3) is 1.55. The zero-order valence-corrected chi connectivity index (χ0v) is 6.90. The van der Waals surface area contributed by atoms with Gasteiger partial charge in [-0.05, 0) is 11.5 Å². The predicted octanol–water partition coefficient (Wildman–Crippen LogP) is -0.228. The molecule has 1 aliphatic heterocycles. The highest BCUT2D eigenvalue weighted by atomic mass is 32.1. The second-order valence-electron chi connectivity index (χ2n) is 2.54. The molecule has 11 heavy (non-hydrogen) atoms. The molecule has 2 heterocycles. The Morgan fingerprint density at radius 3 is 3.18 bits per heavy atom. The van der Waals surface area contributed by atoms with Crippen LogP contribution in [0.25, 0.3) is 0 Å². The van der Waals surface area contributed by atoms with Gasteiger partial charge in [-0.15, -0.1) is 5.10 Å². The van der Waals surface area contributed by atoms with Crippen molar-refractivity contribution in [1.82, 2.24) is 20.2 Å². The summed E-state index contributed by atoms with van der Waals surface area (Å²) in [6, 6.07) is 0.363. The van der Waals surface area contributed by atoms with Gasteiger partial charge in [-0.25, -0.2) is 0 Å². The molecule has 1 saturated heterocycles. The van der Waals surface area contributed by atoms with E-state index in [0.29, 0.717) is 6.04 Å². The quantitative estimate of drug-likeness (QED) is 0.611. The number of piperazine rings is 1. The van der Waals surface area contributed by atoms with Crippen LogP contribution >= 0.6 is 11.5 Å². The van der Waals surface area contributed by atoms with E-state index in [2.05, 4.69) is 20.2 Å². The molecule has 0 spiro atoms. The van der Waals surface area contributed by atoms with E-state index in [4.69, 9.17) is 0 Å². The zero-order valence-electron chi connectivity index (χ0n) is 6.08. The Labute approximate surface area is 69.2 Å². The lowest BCUT2D eigenvalue weighted by Gasteiger charge is -2.22. The van der Waals surface area contributed by atoms with Gasteiger partial charge in [0.05, 0.1) is 11.7 Å². The van der Waals surface area contributed by atoms with E-state index >= 15 is 0 Å². The van der Waals surface area contributed by atoms with Gasteiger partial charge in [0.15, 0.2) is 0 Å². The van der Waals surface area contributed by atoms with E-state index in [9.17, 15) is 0 Å². The molecule has 0 aliphatic carbocycles. The molecule has 1 atom stereocenters. The van der Waals surface area contributed by atoms with Crippen molar-refractivity contribution in [2.75, 3.05) is 19.6 Å². The van der Waals surface area contributed by atoms with Crippen LogP contribution in [0.15, 0.2) is 5.38 Å². The van der Waals surface area contributed by atoms with Crippen LogP contribution in [0, 0.1) is 0 Å². The SMILES string of the molecule is c1snnc1C1CNCCN1. The van der Waals surface area contributed by atoms with Crippen molar-refractivity contribution in [3.8, 4) is 0 Å². The van der Waals surface area contributed by atoms with E-state index in [1.807, 2.05) is 5.38 Å². The van der Waals surface area contributed by atoms with Crippen molar-refractivity contribution < 1.29 is 0 Å². The highest BCUT2D eigenvalue weighted by Gasteiger charge is 2.15. The van der Waals surface area contributed by atoms with Crippen molar-refractivity contribution in [3.05, 3.63) is 11.1 Å². The van der Waals surface area contributed by atoms with Crippen LogP contribution in [0.2, 0.25) is 0 Å². The van der Waals surface area contributed by atoms with Crippen LogP contribution in [0.5, 0.6) is 0 Å². The van der Waals surface area contributed by atoms with E-state index < -0.39 is 0 Å². The van der Waals surface area contributed by atoms with Crippen molar-refractivity contribution >= 4 is 11.5 Å². The molecule has 0 amide bonds. The Morgan fingerprint density at radius 2 is 2.55 bits per heavy atom. The van der Waals surface area contributed by atoms with Crippen molar-refractivity contribution in [2.45, 2.75) is 6.04 Å². The molecule has 60 valence electrons. The standard InChI is InChI=1S/C6H10N4S/c1-2-8-5(3-7-1)6-4-11-10-9-6/h4-5,7-8H,1-3H2. The van der Waals surface area contributed by atoms with E-state index in [1.54, 1.807) is 0 Å². The second-order valence-corrected chi connectivity index (χ2v) is 3.15. The highest BCUT2D eigenvalue weighted by molar-refractivity contribution is 7.03. The maximum Gasteiger partial charge on any atom is 0.0937 e. The summed E-state index contributed by atoms with van der Waals surface area (Å²) in [6.45, 7) is 3.03. The number of nitrogens with zero attached hydrogens (tertiary/aromatic N) is 2. The number of hydrogen-bond acceptors (Lipinski definition) is 5. The lowest BCUT2D eigenvalue weighted by atomic mass is 10.2.